The minimum Gasteiger partial charge on any atom is -0.349 e. The van der Waals surface area contributed by atoms with Gasteiger partial charge in [-0.15, -0.1) is 5.10 Å². The molecule has 0 spiro atoms. The molecule has 0 radical (unpaired) electrons. The van der Waals surface area contributed by atoms with E-state index in [-0.39, 0.29) is 11.7 Å². The number of aromatic nitrogens is 6. The normalized spacial score (nSPS) is 11.0. The number of nitrogens with one attached hydrogen (secondary N) is 1. The Morgan fingerprint density at radius 3 is 2.91 bits per heavy atom. The first-order valence-corrected chi connectivity index (χ1v) is 7.10. The zero-order valence-electron chi connectivity index (χ0n) is 12.5. The number of nitrogens with zero attached hydrogens (tertiary/aromatic N) is 6. The van der Waals surface area contributed by atoms with Crippen LogP contribution in [-0.4, -0.2) is 41.8 Å². The zero-order valence-corrected chi connectivity index (χ0v) is 12.5. The number of carbonyl (C=O) groups is 1. The summed E-state index contributed by atoms with van der Waals surface area (Å²) in [5, 5.41) is 11.3. The van der Waals surface area contributed by atoms with Gasteiger partial charge in [0.15, 0.2) is 0 Å². The first kappa shape index (κ1) is 14.2. The van der Waals surface area contributed by atoms with E-state index in [9.17, 15) is 4.79 Å². The molecule has 3 aromatic heterocycles. The minimum atomic E-state index is -0.293. The smallest absolute Gasteiger partial charge is 0.291 e. The summed E-state index contributed by atoms with van der Waals surface area (Å²) in [6.45, 7) is 5.29. The van der Waals surface area contributed by atoms with Gasteiger partial charge in [0.05, 0.1) is 5.69 Å². The summed E-state index contributed by atoms with van der Waals surface area (Å²) in [4.78, 5) is 20.1. The molecule has 3 heterocycles. The molecule has 3 rings (SSSR count). The Morgan fingerprint density at radius 1 is 1.32 bits per heavy atom. The van der Waals surface area contributed by atoms with Crippen molar-refractivity contribution in [2.45, 2.75) is 26.8 Å². The van der Waals surface area contributed by atoms with Crippen molar-refractivity contribution in [1.82, 2.24) is 34.7 Å². The van der Waals surface area contributed by atoms with Gasteiger partial charge in [-0.05, 0) is 32.4 Å². The maximum Gasteiger partial charge on any atom is 0.291 e. The molecular weight excluding hydrogens is 282 g/mol. The van der Waals surface area contributed by atoms with Crippen LogP contribution in [0.1, 0.15) is 28.4 Å². The van der Waals surface area contributed by atoms with E-state index >= 15 is 0 Å². The molecule has 0 unspecified atom stereocenters. The lowest BCUT2D eigenvalue weighted by Gasteiger charge is -2.05. The van der Waals surface area contributed by atoms with E-state index in [1.54, 1.807) is 18.5 Å². The molecule has 0 aromatic carbocycles. The van der Waals surface area contributed by atoms with Crippen LogP contribution in [0.15, 0.2) is 24.5 Å². The van der Waals surface area contributed by atoms with Gasteiger partial charge >= 0.3 is 0 Å². The second kappa shape index (κ2) is 5.92. The number of hydrogen-bond acceptors (Lipinski definition) is 5. The molecule has 0 atom stereocenters. The molecule has 114 valence electrons. The third-order valence-corrected chi connectivity index (χ3v) is 3.26. The number of rotatable bonds is 5. The summed E-state index contributed by atoms with van der Waals surface area (Å²) < 4.78 is 3.42. The first-order chi connectivity index (χ1) is 10.6. The van der Waals surface area contributed by atoms with Crippen LogP contribution in [0.5, 0.6) is 0 Å². The highest BCUT2D eigenvalue weighted by Crippen LogP contribution is 2.02. The van der Waals surface area contributed by atoms with Gasteiger partial charge in [-0.2, -0.15) is 10.1 Å². The predicted octanol–water partition coefficient (Wildman–Crippen LogP) is 0.758. The van der Waals surface area contributed by atoms with Gasteiger partial charge in [-0.1, -0.05) is 0 Å². The van der Waals surface area contributed by atoms with Crippen LogP contribution in [0.4, 0.5) is 0 Å². The highest BCUT2D eigenvalue weighted by molar-refractivity contribution is 5.90. The molecule has 0 aliphatic rings. The van der Waals surface area contributed by atoms with Crippen LogP contribution in [0, 0.1) is 13.8 Å². The summed E-state index contributed by atoms with van der Waals surface area (Å²) in [6.07, 6.45) is 4.11. The van der Waals surface area contributed by atoms with Crippen LogP contribution in [-0.2, 0) is 6.54 Å². The fourth-order valence-electron chi connectivity index (χ4n) is 2.24. The molecule has 8 heteroatoms. The van der Waals surface area contributed by atoms with Gasteiger partial charge in [0.2, 0.25) is 5.82 Å². The summed E-state index contributed by atoms with van der Waals surface area (Å²) in [5.74, 6) is 0.249. The maximum absolute atomic E-state index is 12.0. The number of aryl methyl sites for hydroxylation is 3. The zero-order chi connectivity index (χ0) is 15.5. The van der Waals surface area contributed by atoms with Crippen molar-refractivity contribution in [2.24, 2.45) is 0 Å². The van der Waals surface area contributed by atoms with Crippen LogP contribution in [0.2, 0.25) is 0 Å². The summed E-state index contributed by atoms with van der Waals surface area (Å²) in [7, 11) is 0. The number of fused-ring (bicyclic) bond motifs is 1. The summed E-state index contributed by atoms with van der Waals surface area (Å²) in [5.41, 5.74) is 2.12. The van der Waals surface area contributed by atoms with Crippen molar-refractivity contribution in [2.75, 3.05) is 6.54 Å². The SMILES string of the molecule is Cc1cc(C)n(CCCNC(=O)c2nc3ncccn3n2)n1. The van der Waals surface area contributed by atoms with Crippen molar-refractivity contribution < 1.29 is 4.79 Å². The van der Waals surface area contributed by atoms with Gasteiger partial charge in [-0.3, -0.25) is 9.48 Å². The first-order valence-electron chi connectivity index (χ1n) is 7.10. The highest BCUT2D eigenvalue weighted by atomic mass is 16.2. The van der Waals surface area contributed by atoms with E-state index in [1.807, 2.05) is 24.6 Å². The highest BCUT2D eigenvalue weighted by Gasteiger charge is 2.12. The van der Waals surface area contributed by atoms with E-state index < -0.39 is 0 Å². The average Bonchev–Trinajstić information content (AvgIpc) is 3.06. The molecule has 0 aliphatic heterocycles. The van der Waals surface area contributed by atoms with E-state index in [2.05, 4.69) is 25.5 Å². The number of hydrogen-bond donors (Lipinski definition) is 1. The summed E-state index contributed by atoms with van der Waals surface area (Å²) in [6, 6.07) is 3.77. The Bertz CT molecular complexity index is 771. The fourth-order valence-corrected chi connectivity index (χ4v) is 2.24. The molecule has 0 aliphatic carbocycles. The topological polar surface area (TPSA) is 90.0 Å². The molecule has 0 bridgehead atoms. The molecule has 1 amide bonds. The minimum absolute atomic E-state index is 0.129. The second-order valence-corrected chi connectivity index (χ2v) is 5.06. The Balaban J connectivity index is 1.53. The van der Waals surface area contributed by atoms with E-state index in [4.69, 9.17) is 0 Å². The average molecular weight is 299 g/mol. The van der Waals surface area contributed by atoms with E-state index in [0.29, 0.717) is 12.3 Å². The van der Waals surface area contributed by atoms with Crippen LogP contribution in [0.25, 0.3) is 5.78 Å². The standard InChI is InChI=1S/C14H17N7O/c1-10-9-11(2)20(18-10)7-3-5-15-13(22)12-17-14-16-6-4-8-21(14)19-12/h4,6,8-9H,3,5,7H2,1-2H3,(H,15,22). The maximum atomic E-state index is 12.0. The molecule has 1 N–H and O–H groups in total. The number of amides is 1. The van der Waals surface area contributed by atoms with Crippen molar-refractivity contribution >= 4 is 11.7 Å². The summed E-state index contributed by atoms with van der Waals surface area (Å²) >= 11 is 0. The lowest BCUT2D eigenvalue weighted by atomic mass is 10.4. The van der Waals surface area contributed by atoms with Crippen LogP contribution in [0.3, 0.4) is 0 Å². The largest absolute Gasteiger partial charge is 0.349 e. The van der Waals surface area contributed by atoms with E-state index in [0.717, 1.165) is 24.4 Å². The van der Waals surface area contributed by atoms with Crippen molar-refractivity contribution in [3.8, 4) is 0 Å². The van der Waals surface area contributed by atoms with Crippen molar-refractivity contribution in [3.05, 3.63) is 41.7 Å². The predicted molar refractivity (Wildman–Crippen MR) is 79.4 cm³/mol. The van der Waals surface area contributed by atoms with Gasteiger partial charge in [-0.25, -0.2) is 9.50 Å². The Kier molecular flexibility index (Phi) is 3.82. The van der Waals surface area contributed by atoms with Crippen LogP contribution < -0.4 is 5.32 Å². The third-order valence-electron chi connectivity index (χ3n) is 3.26. The molecule has 0 saturated carbocycles. The van der Waals surface area contributed by atoms with Gasteiger partial charge in [0.1, 0.15) is 0 Å². The Labute approximate surface area is 127 Å². The fraction of sp³-hybridized carbons (Fsp3) is 0.357. The molecule has 0 saturated heterocycles. The van der Waals surface area contributed by atoms with Crippen molar-refractivity contribution in [1.29, 1.82) is 0 Å². The molecule has 3 aromatic rings. The van der Waals surface area contributed by atoms with E-state index in [1.165, 1.54) is 4.52 Å². The lowest BCUT2D eigenvalue weighted by molar-refractivity contribution is 0.0942. The van der Waals surface area contributed by atoms with Crippen LogP contribution >= 0.6 is 0 Å². The van der Waals surface area contributed by atoms with Crippen molar-refractivity contribution in [3.63, 3.8) is 0 Å². The molecule has 0 fully saturated rings. The lowest BCUT2D eigenvalue weighted by Crippen LogP contribution is -2.26. The molecular formula is C14H17N7O. The van der Waals surface area contributed by atoms with Gasteiger partial charge in [0.25, 0.3) is 11.7 Å². The van der Waals surface area contributed by atoms with Gasteiger partial charge < -0.3 is 5.32 Å². The quantitative estimate of drug-likeness (QED) is 0.702. The second-order valence-electron chi connectivity index (χ2n) is 5.06. The molecule has 22 heavy (non-hydrogen) atoms. The Hall–Kier alpha value is -2.77. The Morgan fingerprint density at radius 2 is 2.18 bits per heavy atom. The molecule has 8 nitrogen and oxygen atoms in total. The van der Waals surface area contributed by atoms with Gasteiger partial charge in [0, 0.05) is 31.2 Å². The third kappa shape index (κ3) is 2.95. The monoisotopic (exact) mass is 299 g/mol. The number of carbonyl (C=O) groups excluding carboxylic acids is 1.